The molecule has 0 amide bonds. The zero-order valence-electron chi connectivity index (χ0n) is 11.0. The Kier molecular flexibility index (Phi) is 4.76. The third-order valence-electron chi connectivity index (χ3n) is 3.40. The molecule has 0 bridgehead atoms. The maximum Gasteiger partial charge on any atom is 0.124 e. The van der Waals surface area contributed by atoms with Crippen molar-refractivity contribution in [3.8, 4) is 5.75 Å². The maximum absolute atomic E-state index is 10.9. The number of aldehydes is 1. The number of para-hydroxylation sites is 1. The number of carbonyl (C=O) groups is 1. The van der Waals surface area contributed by atoms with E-state index < -0.39 is 0 Å². The lowest BCUT2D eigenvalue weighted by Crippen LogP contribution is -2.35. The number of piperidine rings is 1. The number of carbonyl (C=O) groups excluding carboxylic acids is 1. The van der Waals surface area contributed by atoms with Crippen LogP contribution in [0.2, 0.25) is 0 Å². The Labute approximate surface area is 109 Å². The Hall–Kier alpha value is -1.35. The van der Waals surface area contributed by atoms with Crippen molar-refractivity contribution < 1.29 is 9.53 Å². The first-order chi connectivity index (χ1) is 8.83. The molecule has 0 aromatic heterocycles. The summed E-state index contributed by atoms with van der Waals surface area (Å²) in [5.74, 6) is 1.17. The summed E-state index contributed by atoms with van der Waals surface area (Å²) in [7, 11) is 0. The second kappa shape index (κ2) is 6.55. The van der Waals surface area contributed by atoms with Crippen LogP contribution in [0.15, 0.2) is 24.3 Å². The Morgan fingerprint density at radius 2 is 2.28 bits per heavy atom. The lowest BCUT2D eigenvalue weighted by atomic mass is 9.99. The molecule has 0 saturated carbocycles. The first kappa shape index (κ1) is 13.1. The molecule has 0 spiro atoms. The summed E-state index contributed by atoms with van der Waals surface area (Å²) in [5, 5.41) is 0. The van der Waals surface area contributed by atoms with Crippen LogP contribution in [0.5, 0.6) is 5.75 Å². The number of likely N-dealkylation sites (tertiary alicyclic amines) is 1. The molecule has 1 aromatic rings. The van der Waals surface area contributed by atoms with Crippen molar-refractivity contribution in [2.75, 3.05) is 19.7 Å². The monoisotopic (exact) mass is 247 g/mol. The van der Waals surface area contributed by atoms with Crippen LogP contribution in [0.3, 0.4) is 0 Å². The van der Waals surface area contributed by atoms with Crippen LogP contribution in [0, 0.1) is 5.92 Å². The molecule has 3 heteroatoms. The van der Waals surface area contributed by atoms with Gasteiger partial charge in [-0.1, -0.05) is 18.2 Å². The number of rotatable bonds is 5. The summed E-state index contributed by atoms with van der Waals surface area (Å²) in [6.45, 7) is 5.52. The molecule has 0 aliphatic carbocycles. The highest BCUT2D eigenvalue weighted by molar-refractivity contribution is 5.54. The highest BCUT2D eigenvalue weighted by atomic mass is 16.5. The fourth-order valence-corrected chi connectivity index (χ4v) is 2.52. The molecule has 98 valence electrons. The molecule has 1 fully saturated rings. The summed E-state index contributed by atoms with van der Waals surface area (Å²) in [6.07, 6.45) is 3.24. The van der Waals surface area contributed by atoms with Crippen LogP contribution < -0.4 is 4.74 Å². The number of nitrogens with zero attached hydrogens (tertiary/aromatic N) is 1. The SMILES string of the molecule is CCOc1ccccc1CN1CCCC(C=O)C1. The van der Waals surface area contributed by atoms with Crippen molar-refractivity contribution in [3.05, 3.63) is 29.8 Å². The smallest absolute Gasteiger partial charge is 0.124 e. The second-order valence-corrected chi connectivity index (χ2v) is 4.81. The predicted molar refractivity (Wildman–Crippen MR) is 71.7 cm³/mol. The van der Waals surface area contributed by atoms with Crippen LogP contribution >= 0.6 is 0 Å². The fourth-order valence-electron chi connectivity index (χ4n) is 2.52. The van der Waals surface area contributed by atoms with Crippen molar-refractivity contribution in [1.82, 2.24) is 4.90 Å². The van der Waals surface area contributed by atoms with Crippen LogP contribution in [-0.4, -0.2) is 30.9 Å². The molecule has 1 unspecified atom stereocenters. The zero-order chi connectivity index (χ0) is 12.8. The molecule has 3 nitrogen and oxygen atoms in total. The van der Waals surface area contributed by atoms with Crippen LogP contribution in [0.4, 0.5) is 0 Å². The van der Waals surface area contributed by atoms with E-state index in [2.05, 4.69) is 11.0 Å². The summed E-state index contributed by atoms with van der Waals surface area (Å²) >= 11 is 0. The van der Waals surface area contributed by atoms with E-state index in [9.17, 15) is 4.79 Å². The Morgan fingerprint density at radius 3 is 3.06 bits per heavy atom. The van der Waals surface area contributed by atoms with Crippen molar-refractivity contribution >= 4 is 6.29 Å². The first-order valence-electron chi connectivity index (χ1n) is 6.72. The highest BCUT2D eigenvalue weighted by Crippen LogP contribution is 2.22. The molecule has 2 rings (SSSR count). The fraction of sp³-hybridized carbons (Fsp3) is 0.533. The number of hydrogen-bond acceptors (Lipinski definition) is 3. The van der Waals surface area contributed by atoms with Crippen molar-refractivity contribution in [1.29, 1.82) is 0 Å². The molecular weight excluding hydrogens is 226 g/mol. The van der Waals surface area contributed by atoms with E-state index in [1.165, 1.54) is 5.56 Å². The lowest BCUT2D eigenvalue weighted by Gasteiger charge is -2.30. The largest absolute Gasteiger partial charge is 0.494 e. The van der Waals surface area contributed by atoms with E-state index >= 15 is 0 Å². The molecule has 1 heterocycles. The van der Waals surface area contributed by atoms with E-state index in [1.807, 2.05) is 25.1 Å². The number of hydrogen-bond donors (Lipinski definition) is 0. The van der Waals surface area contributed by atoms with Crippen LogP contribution in [-0.2, 0) is 11.3 Å². The minimum atomic E-state index is 0.206. The van der Waals surface area contributed by atoms with E-state index in [0.29, 0.717) is 6.61 Å². The van der Waals surface area contributed by atoms with Gasteiger partial charge < -0.3 is 9.53 Å². The third kappa shape index (κ3) is 3.33. The molecule has 1 aromatic carbocycles. The molecule has 0 N–H and O–H groups in total. The van der Waals surface area contributed by atoms with Crippen molar-refractivity contribution in [3.63, 3.8) is 0 Å². The van der Waals surface area contributed by atoms with Crippen molar-refractivity contribution in [2.45, 2.75) is 26.3 Å². The summed E-state index contributed by atoms with van der Waals surface area (Å²) in [6, 6.07) is 8.16. The second-order valence-electron chi connectivity index (χ2n) is 4.81. The molecule has 1 atom stereocenters. The van der Waals surface area contributed by atoms with E-state index in [0.717, 1.165) is 44.5 Å². The highest BCUT2D eigenvalue weighted by Gasteiger charge is 2.20. The Balaban J connectivity index is 2.02. The van der Waals surface area contributed by atoms with Crippen molar-refractivity contribution in [2.24, 2.45) is 5.92 Å². The standard InChI is InChI=1S/C15H21NO2/c1-2-18-15-8-4-3-7-14(15)11-16-9-5-6-13(10-16)12-17/h3-4,7-8,12-13H,2,5-6,9-11H2,1H3. The Bertz CT molecular complexity index is 392. The summed E-state index contributed by atoms with van der Waals surface area (Å²) < 4.78 is 5.64. The molecule has 1 saturated heterocycles. The van der Waals surface area contributed by atoms with E-state index in [4.69, 9.17) is 4.74 Å². The average molecular weight is 247 g/mol. The topological polar surface area (TPSA) is 29.5 Å². The first-order valence-corrected chi connectivity index (χ1v) is 6.72. The summed E-state index contributed by atoms with van der Waals surface area (Å²) in [4.78, 5) is 13.2. The van der Waals surface area contributed by atoms with Gasteiger partial charge in [0.05, 0.1) is 6.61 Å². The van der Waals surface area contributed by atoms with Crippen LogP contribution in [0.1, 0.15) is 25.3 Å². The average Bonchev–Trinajstić information content (AvgIpc) is 2.41. The van der Waals surface area contributed by atoms with Gasteiger partial charge in [0.1, 0.15) is 12.0 Å². The van der Waals surface area contributed by atoms with Gasteiger partial charge in [0.25, 0.3) is 0 Å². The van der Waals surface area contributed by atoms with E-state index in [-0.39, 0.29) is 5.92 Å². The molecule has 18 heavy (non-hydrogen) atoms. The predicted octanol–water partition coefficient (Wildman–Crippen LogP) is 2.50. The van der Waals surface area contributed by atoms with Crippen LogP contribution in [0.25, 0.3) is 0 Å². The number of benzene rings is 1. The lowest BCUT2D eigenvalue weighted by molar-refractivity contribution is -0.112. The van der Waals surface area contributed by atoms with Gasteiger partial charge in [-0.2, -0.15) is 0 Å². The molecular formula is C15H21NO2. The van der Waals surface area contributed by atoms with Gasteiger partial charge in [0, 0.05) is 24.6 Å². The molecule has 0 radical (unpaired) electrons. The third-order valence-corrected chi connectivity index (χ3v) is 3.40. The van der Waals surface area contributed by atoms with Gasteiger partial charge in [-0.3, -0.25) is 4.90 Å². The quantitative estimate of drug-likeness (QED) is 0.749. The van der Waals surface area contributed by atoms with Gasteiger partial charge in [-0.15, -0.1) is 0 Å². The van der Waals surface area contributed by atoms with Gasteiger partial charge in [-0.05, 0) is 32.4 Å². The zero-order valence-corrected chi connectivity index (χ0v) is 11.0. The van der Waals surface area contributed by atoms with E-state index in [1.54, 1.807) is 0 Å². The molecule has 1 aliphatic rings. The van der Waals surface area contributed by atoms with Gasteiger partial charge >= 0.3 is 0 Å². The Morgan fingerprint density at radius 1 is 1.44 bits per heavy atom. The van der Waals surface area contributed by atoms with Gasteiger partial charge in [-0.25, -0.2) is 0 Å². The van der Waals surface area contributed by atoms with Gasteiger partial charge in [0.2, 0.25) is 0 Å². The molecule has 1 aliphatic heterocycles. The maximum atomic E-state index is 10.9. The summed E-state index contributed by atoms with van der Waals surface area (Å²) in [5.41, 5.74) is 1.21. The number of ether oxygens (including phenoxy) is 1. The van der Waals surface area contributed by atoms with Gasteiger partial charge in [0.15, 0.2) is 0 Å². The normalized spacial score (nSPS) is 20.6. The minimum Gasteiger partial charge on any atom is -0.494 e. The minimum absolute atomic E-state index is 0.206.